The zero-order chi connectivity index (χ0) is 10.8. The molecule has 0 atom stereocenters. The molecule has 0 N–H and O–H groups in total. The highest BCUT2D eigenvalue weighted by Crippen LogP contribution is 2.29. The Kier molecular flexibility index (Phi) is 3.08. The molecule has 0 spiro atoms. The van der Waals surface area contributed by atoms with E-state index in [0.717, 1.165) is 4.47 Å². The summed E-state index contributed by atoms with van der Waals surface area (Å²) in [4.78, 5) is 0. The zero-order valence-electron chi connectivity index (χ0n) is 8.88. The van der Waals surface area contributed by atoms with E-state index < -0.39 is 0 Å². The number of aryl methyl sites for hydroxylation is 1. The molecule has 2 rings (SSSR count). The van der Waals surface area contributed by atoms with Crippen LogP contribution in [0.4, 0.5) is 0 Å². The summed E-state index contributed by atoms with van der Waals surface area (Å²) in [5.41, 5.74) is 2.54. The van der Waals surface area contributed by atoms with Crippen LogP contribution in [0.2, 0.25) is 0 Å². The highest BCUT2D eigenvalue weighted by atomic mass is 79.9. The van der Waals surface area contributed by atoms with Crippen molar-refractivity contribution in [2.45, 2.75) is 13.5 Å². The van der Waals surface area contributed by atoms with Gasteiger partial charge in [-0.25, -0.2) is 0 Å². The smallest absolute Gasteiger partial charge is 0.0716 e. The van der Waals surface area contributed by atoms with E-state index in [2.05, 4.69) is 53.2 Å². The molecule has 0 aliphatic rings. The maximum atomic E-state index is 5.19. The third-order valence-corrected chi connectivity index (χ3v) is 3.33. The Labute approximate surface area is 98.2 Å². The van der Waals surface area contributed by atoms with Gasteiger partial charge >= 0.3 is 0 Å². The Hall–Kier alpha value is -0.860. The summed E-state index contributed by atoms with van der Waals surface area (Å²) < 4.78 is 6.33. The minimum Gasteiger partial charge on any atom is -0.380 e. The fourth-order valence-electron chi connectivity index (χ4n) is 1.84. The van der Waals surface area contributed by atoms with E-state index in [4.69, 9.17) is 4.74 Å². The van der Waals surface area contributed by atoms with Gasteiger partial charge in [-0.3, -0.25) is 0 Å². The average Bonchev–Trinajstić information content (AvgIpc) is 2.26. The monoisotopic (exact) mass is 264 g/mol. The van der Waals surface area contributed by atoms with Crippen LogP contribution in [0, 0.1) is 6.92 Å². The third-order valence-electron chi connectivity index (χ3n) is 2.67. The van der Waals surface area contributed by atoms with E-state index >= 15 is 0 Å². The van der Waals surface area contributed by atoms with Crippen LogP contribution in [-0.2, 0) is 11.3 Å². The molecule has 0 fully saturated rings. The van der Waals surface area contributed by atoms with Crippen LogP contribution in [0.25, 0.3) is 10.8 Å². The second kappa shape index (κ2) is 4.33. The topological polar surface area (TPSA) is 9.23 Å². The Morgan fingerprint density at radius 2 is 1.87 bits per heavy atom. The lowest BCUT2D eigenvalue weighted by Gasteiger charge is -2.10. The van der Waals surface area contributed by atoms with E-state index in [-0.39, 0.29) is 0 Å². The highest BCUT2D eigenvalue weighted by Gasteiger charge is 2.06. The van der Waals surface area contributed by atoms with Gasteiger partial charge in [0.1, 0.15) is 0 Å². The number of fused-ring (bicyclic) bond motifs is 1. The van der Waals surface area contributed by atoms with Gasteiger partial charge in [-0.15, -0.1) is 0 Å². The van der Waals surface area contributed by atoms with Gasteiger partial charge in [-0.05, 0) is 34.9 Å². The number of methoxy groups -OCH3 is 1. The van der Waals surface area contributed by atoms with Crippen LogP contribution in [0.1, 0.15) is 11.1 Å². The second-order valence-corrected chi connectivity index (χ2v) is 4.48. The van der Waals surface area contributed by atoms with Crippen LogP contribution in [0.3, 0.4) is 0 Å². The molecule has 15 heavy (non-hydrogen) atoms. The van der Waals surface area contributed by atoms with Crippen molar-refractivity contribution >= 4 is 26.7 Å². The fourth-order valence-corrected chi connectivity index (χ4v) is 2.46. The van der Waals surface area contributed by atoms with Crippen molar-refractivity contribution in [3.63, 3.8) is 0 Å². The summed E-state index contributed by atoms with van der Waals surface area (Å²) in [5.74, 6) is 0. The SMILES string of the molecule is COCc1cc(Br)c2ccccc2c1C. The Morgan fingerprint density at radius 3 is 2.53 bits per heavy atom. The van der Waals surface area contributed by atoms with Gasteiger partial charge in [-0.2, -0.15) is 0 Å². The maximum absolute atomic E-state index is 5.19. The van der Waals surface area contributed by atoms with Gasteiger partial charge in [0.15, 0.2) is 0 Å². The van der Waals surface area contributed by atoms with Gasteiger partial charge in [0.05, 0.1) is 6.61 Å². The largest absolute Gasteiger partial charge is 0.380 e. The maximum Gasteiger partial charge on any atom is 0.0716 e. The first-order valence-corrected chi connectivity index (χ1v) is 5.69. The molecule has 2 heteroatoms. The second-order valence-electron chi connectivity index (χ2n) is 3.62. The van der Waals surface area contributed by atoms with E-state index in [1.807, 2.05) is 0 Å². The lowest BCUT2D eigenvalue weighted by Crippen LogP contribution is -1.93. The lowest BCUT2D eigenvalue weighted by atomic mass is 10.0. The van der Waals surface area contributed by atoms with Crippen molar-refractivity contribution < 1.29 is 4.74 Å². The van der Waals surface area contributed by atoms with E-state index in [9.17, 15) is 0 Å². The van der Waals surface area contributed by atoms with Crippen LogP contribution in [0.15, 0.2) is 34.8 Å². The van der Waals surface area contributed by atoms with Gasteiger partial charge < -0.3 is 4.74 Å². The Bertz CT molecular complexity index is 491. The molecule has 0 saturated heterocycles. The first kappa shape index (κ1) is 10.7. The quantitative estimate of drug-likeness (QED) is 0.795. The fraction of sp³-hybridized carbons (Fsp3) is 0.231. The molecule has 78 valence electrons. The zero-order valence-corrected chi connectivity index (χ0v) is 10.5. The molecule has 0 aromatic heterocycles. The molecule has 0 aliphatic heterocycles. The normalized spacial score (nSPS) is 10.9. The summed E-state index contributed by atoms with van der Waals surface area (Å²) in [5, 5.41) is 2.55. The summed E-state index contributed by atoms with van der Waals surface area (Å²) in [6.07, 6.45) is 0. The number of hydrogen-bond acceptors (Lipinski definition) is 1. The minimum atomic E-state index is 0.662. The molecule has 0 unspecified atom stereocenters. The first-order chi connectivity index (χ1) is 7.24. The summed E-state index contributed by atoms with van der Waals surface area (Å²) >= 11 is 3.60. The molecule has 0 aliphatic carbocycles. The standard InChI is InChI=1S/C13H13BrO/c1-9-10(8-15-2)7-13(14)12-6-4-3-5-11(9)12/h3-7H,8H2,1-2H3. The van der Waals surface area contributed by atoms with Crippen molar-refractivity contribution in [1.82, 2.24) is 0 Å². The number of rotatable bonds is 2. The first-order valence-electron chi connectivity index (χ1n) is 4.89. The molecular formula is C13H13BrO. The molecule has 0 radical (unpaired) electrons. The predicted octanol–water partition coefficient (Wildman–Crippen LogP) is 4.06. The lowest BCUT2D eigenvalue weighted by molar-refractivity contribution is 0.184. The summed E-state index contributed by atoms with van der Waals surface area (Å²) in [6, 6.07) is 10.5. The van der Waals surface area contributed by atoms with Gasteiger partial charge in [0, 0.05) is 11.6 Å². The Morgan fingerprint density at radius 1 is 1.20 bits per heavy atom. The van der Waals surface area contributed by atoms with Crippen molar-refractivity contribution in [2.24, 2.45) is 0 Å². The van der Waals surface area contributed by atoms with Crippen LogP contribution in [0.5, 0.6) is 0 Å². The van der Waals surface area contributed by atoms with Gasteiger partial charge in [0.2, 0.25) is 0 Å². The van der Waals surface area contributed by atoms with Crippen LogP contribution in [-0.4, -0.2) is 7.11 Å². The summed E-state index contributed by atoms with van der Waals surface area (Å²) in [6.45, 7) is 2.80. The van der Waals surface area contributed by atoms with Crippen molar-refractivity contribution in [2.75, 3.05) is 7.11 Å². The van der Waals surface area contributed by atoms with Crippen molar-refractivity contribution in [3.05, 3.63) is 45.9 Å². The molecule has 2 aromatic rings. The number of halogens is 1. The van der Waals surface area contributed by atoms with Crippen LogP contribution >= 0.6 is 15.9 Å². The van der Waals surface area contributed by atoms with Gasteiger partial charge in [-0.1, -0.05) is 40.2 Å². The van der Waals surface area contributed by atoms with Gasteiger partial charge in [0.25, 0.3) is 0 Å². The molecule has 0 amide bonds. The molecule has 1 nitrogen and oxygen atoms in total. The van der Waals surface area contributed by atoms with E-state index in [1.165, 1.54) is 21.9 Å². The van der Waals surface area contributed by atoms with Crippen molar-refractivity contribution in [1.29, 1.82) is 0 Å². The average molecular weight is 265 g/mol. The van der Waals surface area contributed by atoms with E-state index in [0.29, 0.717) is 6.61 Å². The minimum absolute atomic E-state index is 0.662. The molecular weight excluding hydrogens is 252 g/mol. The molecule has 0 saturated carbocycles. The van der Waals surface area contributed by atoms with Crippen molar-refractivity contribution in [3.8, 4) is 0 Å². The summed E-state index contributed by atoms with van der Waals surface area (Å²) in [7, 11) is 1.72. The Balaban J connectivity index is 2.72. The highest BCUT2D eigenvalue weighted by molar-refractivity contribution is 9.10. The van der Waals surface area contributed by atoms with E-state index in [1.54, 1.807) is 7.11 Å². The number of benzene rings is 2. The third kappa shape index (κ3) is 1.92. The molecule has 0 heterocycles. The predicted molar refractivity (Wildman–Crippen MR) is 67.1 cm³/mol. The molecule has 2 aromatic carbocycles. The van der Waals surface area contributed by atoms with Crippen LogP contribution < -0.4 is 0 Å². The molecule has 0 bridgehead atoms. The number of hydrogen-bond donors (Lipinski definition) is 0. The number of ether oxygens (including phenoxy) is 1.